The summed E-state index contributed by atoms with van der Waals surface area (Å²) in [5.74, 6) is 0. The number of rotatable bonds is 2. The van der Waals surface area contributed by atoms with E-state index >= 15 is 0 Å². The summed E-state index contributed by atoms with van der Waals surface area (Å²) in [6.45, 7) is 0. The number of hydrogen-bond acceptors (Lipinski definition) is 3. The quantitative estimate of drug-likeness (QED) is 0.395. The molecule has 0 aliphatic rings. The molecule has 4 nitrogen and oxygen atoms in total. The van der Waals surface area contributed by atoms with Gasteiger partial charge in [-0.2, -0.15) is 0 Å². The van der Waals surface area contributed by atoms with Gasteiger partial charge in [0.1, 0.15) is 0 Å². The van der Waals surface area contributed by atoms with Crippen molar-refractivity contribution in [2.24, 2.45) is 0 Å². The normalized spacial score (nSPS) is 9.38. The van der Waals surface area contributed by atoms with Crippen LogP contribution in [0.4, 0.5) is 5.69 Å². The predicted molar refractivity (Wildman–Crippen MR) is 37.7 cm³/mol. The van der Waals surface area contributed by atoms with Crippen molar-refractivity contribution in [1.82, 2.24) is 0 Å². The molecule has 1 N–H and O–H groups in total. The summed E-state index contributed by atoms with van der Waals surface area (Å²) in [5.41, 5.74) is 0.292. The smallest absolute Gasteiger partial charge is 0.795 e. The summed E-state index contributed by atoms with van der Waals surface area (Å²) >= 11 is 0. The first-order valence-corrected chi connectivity index (χ1v) is 4.47. The molecule has 0 heterocycles. The van der Waals surface area contributed by atoms with Gasteiger partial charge in [-0.3, -0.25) is 0 Å². The third-order valence-corrected chi connectivity index (χ3v) is 1.57. The maximum atomic E-state index is 10.2. The van der Waals surface area contributed by atoms with Crippen LogP contribution in [0.2, 0.25) is 0 Å². The van der Waals surface area contributed by atoms with Gasteiger partial charge in [-0.25, -0.2) is 0 Å². The van der Waals surface area contributed by atoms with Crippen LogP contribution >= 0.6 is 7.75 Å². The van der Waals surface area contributed by atoms with Gasteiger partial charge in [0, 0.05) is 13.4 Å². The van der Waals surface area contributed by atoms with E-state index in [0.717, 1.165) is 0 Å². The fourth-order valence-corrected chi connectivity index (χ4v) is 1.14. The van der Waals surface area contributed by atoms with Gasteiger partial charge in [-0.05, 0) is 12.1 Å². The summed E-state index contributed by atoms with van der Waals surface area (Å²) in [4.78, 5) is 20.3. The minimum absolute atomic E-state index is 0. The molecule has 60 valence electrons. The third-order valence-electron chi connectivity index (χ3n) is 1.04. The van der Waals surface area contributed by atoms with E-state index < -0.39 is 7.75 Å². The summed E-state index contributed by atoms with van der Waals surface area (Å²) in [5, 5.41) is 1.83. The fourth-order valence-electron chi connectivity index (χ4n) is 0.671. The van der Waals surface area contributed by atoms with Crippen molar-refractivity contribution in [3.8, 4) is 0 Å². The number of benzene rings is 1. The van der Waals surface area contributed by atoms with Gasteiger partial charge < -0.3 is 19.4 Å². The molecule has 1 aromatic carbocycles. The Morgan fingerprint density at radius 2 is 1.54 bits per heavy atom. The van der Waals surface area contributed by atoms with E-state index in [9.17, 15) is 14.4 Å². The zero-order chi connectivity index (χ0) is 8.32. The maximum absolute atomic E-state index is 10.2. The first kappa shape index (κ1) is 16.6. The van der Waals surface area contributed by atoms with Gasteiger partial charge in [0.15, 0.2) is 0 Å². The van der Waals surface area contributed by atoms with Crippen LogP contribution in [0.3, 0.4) is 0 Å². The molecule has 0 aliphatic heterocycles. The molecule has 13 heavy (non-hydrogen) atoms. The van der Waals surface area contributed by atoms with Gasteiger partial charge in [0.05, 0.1) is 0 Å². The van der Waals surface area contributed by atoms with E-state index in [4.69, 9.17) is 0 Å². The van der Waals surface area contributed by atoms with Crippen LogP contribution in [0.15, 0.2) is 30.3 Å². The molecule has 0 fully saturated rings. The Balaban J connectivity index is 0. The number of hydrogen-bond donors (Lipinski definition) is 1. The molecule has 0 spiro atoms. The van der Waals surface area contributed by atoms with Crippen LogP contribution in [-0.2, 0) is 4.57 Å². The molecule has 1 rings (SSSR count). The Kier molecular flexibility index (Phi) is 9.52. The molecule has 0 aromatic heterocycles. The second-order valence-corrected chi connectivity index (χ2v) is 3.19. The molecule has 7 heteroatoms. The zero-order valence-electron chi connectivity index (χ0n) is 7.56. The van der Waals surface area contributed by atoms with E-state index in [1.807, 2.05) is 5.09 Å². The average molecular weight is 217 g/mol. The van der Waals surface area contributed by atoms with Crippen molar-refractivity contribution in [1.29, 1.82) is 0 Å². The molecule has 0 saturated carbocycles. The summed E-state index contributed by atoms with van der Waals surface area (Å²) < 4.78 is 10.2. The van der Waals surface area contributed by atoms with Gasteiger partial charge >= 0.3 is 59.1 Å². The zero-order valence-corrected chi connectivity index (χ0v) is 12.5. The van der Waals surface area contributed by atoms with Crippen LogP contribution < -0.4 is 74.0 Å². The Bertz CT molecular complexity index is 276. The van der Waals surface area contributed by atoms with E-state index in [2.05, 4.69) is 0 Å². The van der Waals surface area contributed by atoms with E-state index in [0.29, 0.717) is 5.69 Å². The Morgan fingerprint density at radius 1 is 1.08 bits per heavy atom. The van der Waals surface area contributed by atoms with Crippen LogP contribution in [0, 0.1) is 0 Å². The van der Waals surface area contributed by atoms with Crippen LogP contribution in [-0.4, -0.2) is 0 Å². The molecule has 0 aliphatic carbocycles. The molecule has 0 amide bonds. The monoisotopic (exact) mass is 217 g/mol. The Morgan fingerprint density at radius 3 is 1.92 bits per heavy atom. The molecule has 1 aromatic rings. The molecular formula is C6H6NNa2O3P. The molecule has 0 radical (unpaired) electrons. The van der Waals surface area contributed by atoms with Crippen molar-refractivity contribution in [3.63, 3.8) is 0 Å². The van der Waals surface area contributed by atoms with Crippen molar-refractivity contribution < 1.29 is 73.5 Å². The predicted octanol–water partition coefficient (Wildman–Crippen LogP) is -6.06. The van der Waals surface area contributed by atoms with E-state index in [1.54, 1.807) is 18.2 Å². The molecule has 0 bridgehead atoms. The fraction of sp³-hybridized carbons (Fsp3) is 0. The Labute approximate surface area is 121 Å². The molecule has 0 unspecified atom stereocenters. The molecular weight excluding hydrogens is 211 g/mol. The average Bonchev–Trinajstić information content (AvgIpc) is 1.85. The first-order chi connectivity index (χ1) is 5.08. The van der Waals surface area contributed by atoms with Crippen molar-refractivity contribution in [2.45, 2.75) is 0 Å². The summed E-state index contributed by atoms with van der Waals surface area (Å²) in [7, 11) is -4.64. The summed E-state index contributed by atoms with van der Waals surface area (Å²) in [6.07, 6.45) is 0. The van der Waals surface area contributed by atoms with Crippen molar-refractivity contribution >= 4 is 13.4 Å². The van der Waals surface area contributed by atoms with E-state index in [1.165, 1.54) is 12.1 Å². The van der Waals surface area contributed by atoms with Crippen molar-refractivity contribution in [3.05, 3.63) is 30.3 Å². The second-order valence-electron chi connectivity index (χ2n) is 1.98. The molecule has 0 saturated heterocycles. The minimum atomic E-state index is -4.64. The van der Waals surface area contributed by atoms with Crippen LogP contribution in [0.25, 0.3) is 0 Å². The van der Waals surface area contributed by atoms with Crippen LogP contribution in [0.1, 0.15) is 0 Å². The maximum Gasteiger partial charge on any atom is 1.00 e. The first-order valence-electron chi connectivity index (χ1n) is 2.93. The third kappa shape index (κ3) is 8.18. The van der Waals surface area contributed by atoms with Gasteiger partial charge in [0.2, 0.25) is 0 Å². The molecule has 0 atom stereocenters. The SMILES string of the molecule is O=P([O-])([O-])Nc1ccccc1.[Na+].[Na+]. The number of nitrogens with one attached hydrogen (secondary N) is 1. The summed E-state index contributed by atoms with van der Waals surface area (Å²) in [6, 6.07) is 8.01. The van der Waals surface area contributed by atoms with Gasteiger partial charge in [-0.1, -0.05) is 18.2 Å². The van der Waals surface area contributed by atoms with Gasteiger partial charge in [-0.15, -0.1) is 0 Å². The number of anilines is 1. The van der Waals surface area contributed by atoms with Gasteiger partial charge in [0.25, 0.3) is 0 Å². The van der Waals surface area contributed by atoms with Crippen LogP contribution in [0.5, 0.6) is 0 Å². The Hall–Kier alpha value is 1.17. The largest absolute Gasteiger partial charge is 1.00 e. The standard InChI is InChI=1S/C6H8NO3P.2Na/c8-11(9,10)7-6-4-2-1-3-5-6;;/h1-5H,(H3,7,8,9,10);;/q;2*+1/p-2. The van der Waals surface area contributed by atoms with E-state index in [-0.39, 0.29) is 59.1 Å². The van der Waals surface area contributed by atoms with Crippen molar-refractivity contribution in [2.75, 3.05) is 5.09 Å². The second kappa shape index (κ2) is 7.46. The minimum Gasteiger partial charge on any atom is -0.795 e. The number of para-hydroxylation sites is 1. The topological polar surface area (TPSA) is 75.2 Å².